The number of ether oxygens (including phenoxy) is 2. The van der Waals surface area contributed by atoms with Gasteiger partial charge in [0.25, 0.3) is 0 Å². The standard InChI is InChI=1S/C8H18O4P/c1-5-10-8(11-6-2)13(9)12-7(3)4/h7-8H,5-6H2,1-4H3/q+1. The molecule has 13 heavy (non-hydrogen) atoms. The largest absolute Gasteiger partial charge is 0.572 e. The fourth-order valence-corrected chi connectivity index (χ4v) is 1.77. The van der Waals surface area contributed by atoms with Crippen molar-refractivity contribution in [3.05, 3.63) is 0 Å². The summed E-state index contributed by atoms with van der Waals surface area (Å²) >= 11 is 0. The maximum atomic E-state index is 11.4. The Morgan fingerprint density at radius 2 is 1.62 bits per heavy atom. The van der Waals surface area contributed by atoms with Crippen LogP contribution in [0.5, 0.6) is 0 Å². The summed E-state index contributed by atoms with van der Waals surface area (Å²) in [6.07, 6.45) is -0.0768. The van der Waals surface area contributed by atoms with Crippen molar-refractivity contribution < 1.29 is 18.6 Å². The van der Waals surface area contributed by atoms with E-state index in [1.165, 1.54) is 0 Å². The predicted molar refractivity (Wildman–Crippen MR) is 50.9 cm³/mol. The van der Waals surface area contributed by atoms with E-state index < -0.39 is 14.1 Å². The molecule has 1 atom stereocenters. The lowest BCUT2D eigenvalue weighted by molar-refractivity contribution is -0.0866. The molecule has 0 aliphatic rings. The first-order chi connectivity index (χ1) is 6.11. The second-order valence-electron chi connectivity index (χ2n) is 2.66. The molecule has 0 aromatic heterocycles. The Balaban J connectivity index is 3.95. The van der Waals surface area contributed by atoms with Gasteiger partial charge in [-0.05, 0) is 32.3 Å². The van der Waals surface area contributed by atoms with Crippen LogP contribution in [-0.4, -0.2) is 25.3 Å². The Bertz CT molecular complexity index is 143. The second kappa shape index (κ2) is 7.39. The van der Waals surface area contributed by atoms with Crippen LogP contribution in [0, 0.1) is 0 Å². The van der Waals surface area contributed by atoms with E-state index in [1.807, 2.05) is 27.7 Å². The maximum absolute atomic E-state index is 11.4. The maximum Gasteiger partial charge on any atom is 0.572 e. The van der Waals surface area contributed by atoms with E-state index in [1.54, 1.807) is 0 Å². The lowest BCUT2D eigenvalue weighted by Crippen LogP contribution is -2.15. The summed E-state index contributed by atoms with van der Waals surface area (Å²) < 4.78 is 26.7. The van der Waals surface area contributed by atoms with Crippen LogP contribution in [0.4, 0.5) is 0 Å². The van der Waals surface area contributed by atoms with Crippen LogP contribution in [0.3, 0.4) is 0 Å². The van der Waals surface area contributed by atoms with Crippen molar-refractivity contribution in [3.8, 4) is 0 Å². The molecule has 0 rings (SSSR count). The molecule has 0 heterocycles. The van der Waals surface area contributed by atoms with Gasteiger partial charge in [-0.25, -0.2) is 0 Å². The normalized spacial score (nSPS) is 12.6. The SMILES string of the molecule is CCOC(OCC)[P+](=O)OC(C)C. The summed E-state index contributed by atoms with van der Waals surface area (Å²) in [5.74, 6) is 0. The van der Waals surface area contributed by atoms with Crippen molar-refractivity contribution in [2.75, 3.05) is 13.2 Å². The minimum atomic E-state index is -1.89. The van der Waals surface area contributed by atoms with Gasteiger partial charge in [-0.15, -0.1) is 4.52 Å². The summed E-state index contributed by atoms with van der Waals surface area (Å²) in [5, 5.41) is 0. The van der Waals surface area contributed by atoms with Gasteiger partial charge in [-0.2, -0.15) is 0 Å². The topological polar surface area (TPSA) is 44.8 Å². The zero-order valence-corrected chi connectivity index (χ0v) is 9.54. The molecule has 1 unspecified atom stereocenters. The van der Waals surface area contributed by atoms with Gasteiger partial charge in [0.05, 0.1) is 13.2 Å². The van der Waals surface area contributed by atoms with Gasteiger partial charge >= 0.3 is 14.1 Å². The van der Waals surface area contributed by atoms with Crippen molar-refractivity contribution in [2.45, 2.75) is 39.8 Å². The summed E-state index contributed by atoms with van der Waals surface area (Å²) in [6, 6.07) is -0.729. The van der Waals surface area contributed by atoms with Crippen molar-refractivity contribution in [1.82, 2.24) is 0 Å². The Hall–Kier alpha value is -0.0200. The van der Waals surface area contributed by atoms with Gasteiger partial charge in [-0.1, -0.05) is 0 Å². The molecule has 0 amide bonds. The first-order valence-electron chi connectivity index (χ1n) is 4.48. The van der Waals surface area contributed by atoms with Gasteiger partial charge in [-0.3, -0.25) is 0 Å². The minimum Gasteiger partial charge on any atom is -0.311 e. The molecule has 0 saturated carbocycles. The van der Waals surface area contributed by atoms with Gasteiger partial charge in [0, 0.05) is 0 Å². The summed E-state index contributed by atoms with van der Waals surface area (Å²) in [6.45, 7) is 8.22. The van der Waals surface area contributed by atoms with E-state index in [-0.39, 0.29) is 6.10 Å². The first kappa shape index (κ1) is 13.0. The van der Waals surface area contributed by atoms with E-state index in [2.05, 4.69) is 0 Å². The minimum absolute atomic E-state index is 0.0768. The van der Waals surface area contributed by atoms with Crippen LogP contribution < -0.4 is 0 Å². The Morgan fingerprint density at radius 3 is 1.92 bits per heavy atom. The predicted octanol–water partition coefficient (Wildman–Crippen LogP) is 2.51. The molecule has 0 aliphatic heterocycles. The van der Waals surface area contributed by atoms with Gasteiger partial charge in [0.1, 0.15) is 6.10 Å². The molecule has 0 aromatic carbocycles. The van der Waals surface area contributed by atoms with E-state index in [0.29, 0.717) is 13.2 Å². The number of rotatable bonds is 7. The van der Waals surface area contributed by atoms with E-state index in [4.69, 9.17) is 14.0 Å². The summed E-state index contributed by atoms with van der Waals surface area (Å²) in [7, 11) is -1.89. The van der Waals surface area contributed by atoms with Crippen molar-refractivity contribution in [2.24, 2.45) is 0 Å². The molecule has 0 bridgehead atoms. The molecule has 78 valence electrons. The van der Waals surface area contributed by atoms with E-state index >= 15 is 0 Å². The number of hydrogen-bond acceptors (Lipinski definition) is 4. The molecular formula is C8H18O4P+. The quantitative estimate of drug-likeness (QED) is 0.477. The van der Waals surface area contributed by atoms with Crippen molar-refractivity contribution in [1.29, 1.82) is 0 Å². The highest BCUT2D eigenvalue weighted by Crippen LogP contribution is 2.32. The van der Waals surface area contributed by atoms with Crippen LogP contribution in [0.25, 0.3) is 0 Å². The van der Waals surface area contributed by atoms with Crippen LogP contribution in [-0.2, 0) is 18.6 Å². The van der Waals surface area contributed by atoms with Crippen LogP contribution in [0.2, 0.25) is 0 Å². The van der Waals surface area contributed by atoms with Crippen LogP contribution in [0.1, 0.15) is 27.7 Å². The molecule has 0 fully saturated rings. The molecule has 0 radical (unpaired) electrons. The zero-order valence-electron chi connectivity index (χ0n) is 8.65. The van der Waals surface area contributed by atoms with Crippen molar-refractivity contribution >= 4 is 8.03 Å². The summed E-state index contributed by atoms with van der Waals surface area (Å²) in [5.41, 5.74) is 0. The number of hydrogen-bond donors (Lipinski definition) is 0. The highest BCUT2D eigenvalue weighted by atomic mass is 31.1. The molecule has 4 nitrogen and oxygen atoms in total. The second-order valence-corrected chi connectivity index (χ2v) is 3.86. The van der Waals surface area contributed by atoms with Crippen molar-refractivity contribution in [3.63, 3.8) is 0 Å². The third-order valence-corrected chi connectivity index (χ3v) is 2.38. The lowest BCUT2D eigenvalue weighted by atomic mass is 10.5. The monoisotopic (exact) mass is 209 g/mol. The molecule has 0 saturated heterocycles. The third kappa shape index (κ3) is 6.11. The highest BCUT2D eigenvalue weighted by Gasteiger charge is 2.35. The van der Waals surface area contributed by atoms with Gasteiger partial charge in [0.15, 0.2) is 0 Å². The van der Waals surface area contributed by atoms with Crippen LogP contribution >= 0.6 is 8.03 Å². The zero-order chi connectivity index (χ0) is 10.3. The molecule has 0 N–H and O–H groups in total. The molecule has 0 aromatic rings. The molecule has 5 heteroatoms. The fourth-order valence-electron chi connectivity index (χ4n) is 0.712. The van der Waals surface area contributed by atoms with Gasteiger partial charge < -0.3 is 9.47 Å². The molecular weight excluding hydrogens is 191 g/mol. The van der Waals surface area contributed by atoms with E-state index in [9.17, 15) is 4.57 Å². The molecule has 0 aliphatic carbocycles. The Labute approximate surface area is 80.4 Å². The van der Waals surface area contributed by atoms with Gasteiger partial charge in [0.2, 0.25) is 0 Å². The average molecular weight is 209 g/mol. The smallest absolute Gasteiger partial charge is 0.311 e. The summed E-state index contributed by atoms with van der Waals surface area (Å²) in [4.78, 5) is 0. The first-order valence-corrected chi connectivity index (χ1v) is 5.72. The third-order valence-electron chi connectivity index (χ3n) is 1.11. The Morgan fingerprint density at radius 1 is 1.15 bits per heavy atom. The lowest BCUT2D eigenvalue weighted by Gasteiger charge is -2.06. The van der Waals surface area contributed by atoms with Crippen LogP contribution in [0.15, 0.2) is 0 Å². The Kier molecular flexibility index (Phi) is 7.38. The highest BCUT2D eigenvalue weighted by molar-refractivity contribution is 7.39. The van der Waals surface area contributed by atoms with E-state index in [0.717, 1.165) is 0 Å². The molecule has 0 spiro atoms. The fraction of sp³-hybridized carbons (Fsp3) is 1.00. The average Bonchev–Trinajstić information content (AvgIpc) is 2.02.